The second-order valence-corrected chi connectivity index (χ2v) is 6.81. The molecule has 7 nitrogen and oxygen atoms in total. The number of nitrogens with zero attached hydrogens (tertiary/aromatic N) is 2. The summed E-state index contributed by atoms with van der Waals surface area (Å²) in [5.74, 6) is -1.40. The minimum absolute atomic E-state index is 0.0387. The van der Waals surface area contributed by atoms with Crippen LogP contribution in [0, 0.1) is 0 Å². The van der Waals surface area contributed by atoms with Gasteiger partial charge in [0.15, 0.2) is 6.61 Å². The van der Waals surface area contributed by atoms with Crippen molar-refractivity contribution in [3.8, 4) is 0 Å². The van der Waals surface area contributed by atoms with Gasteiger partial charge in [-0.2, -0.15) is 13.2 Å². The maximum absolute atomic E-state index is 12.5. The third-order valence-electron chi connectivity index (χ3n) is 3.87. The number of thiophene rings is 1. The van der Waals surface area contributed by atoms with Crippen LogP contribution in [0.1, 0.15) is 12.0 Å². The van der Waals surface area contributed by atoms with E-state index in [-0.39, 0.29) is 24.2 Å². The van der Waals surface area contributed by atoms with Crippen LogP contribution in [-0.4, -0.2) is 28.0 Å². The van der Waals surface area contributed by atoms with Crippen LogP contribution in [0.5, 0.6) is 0 Å². The summed E-state index contributed by atoms with van der Waals surface area (Å²) >= 11 is 1.33. The van der Waals surface area contributed by atoms with Crippen LogP contribution >= 0.6 is 11.3 Å². The number of alkyl halides is 3. The molecule has 11 heteroatoms. The van der Waals surface area contributed by atoms with Crippen molar-refractivity contribution in [1.29, 1.82) is 0 Å². The number of carbonyl (C=O) groups excluding carboxylic acids is 2. The fourth-order valence-corrected chi connectivity index (χ4v) is 3.15. The summed E-state index contributed by atoms with van der Waals surface area (Å²) in [7, 11) is 0. The van der Waals surface area contributed by atoms with E-state index in [0.717, 1.165) is 24.3 Å². The number of nitrogens with one attached hydrogen (secondary N) is 1. The Kier molecular flexibility index (Phi) is 5.97. The Morgan fingerprint density at radius 1 is 1.17 bits per heavy atom. The number of fused-ring (bicyclic) bond motifs is 1. The van der Waals surface area contributed by atoms with E-state index in [2.05, 4.69) is 10.3 Å². The number of benzene rings is 1. The van der Waals surface area contributed by atoms with Crippen LogP contribution in [0.3, 0.4) is 0 Å². The average molecular weight is 425 g/mol. The van der Waals surface area contributed by atoms with Gasteiger partial charge in [-0.15, -0.1) is 11.3 Å². The molecule has 0 spiro atoms. The largest absolute Gasteiger partial charge is 0.456 e. The third kappa shape index (κ3) is 5.19. The molecule has 0 radical (unpaired) electrons. The predicted molar refractivity (Wildman–Crippen MR) is 99.5 cm³/mol. The first kappa shape index (κ1) is 20.5. The first-order valence-corrected chi connectivity index (χ1v) is 9.17. The van der Waals surface area contributed by atoms with Crippen LogP contribution in [0.25, 0.3) is 10.2 Å². The van der Waals surface area contributed by atoms with Crippen LogP contribution in [-0.2, 0) is 27.0 Å². The first-order chi connectivity index (χ1) is 13.7. The van der Waals surface area contributed by atoms with E-state index in [0.29, 0.717) is 10.2 Å². The summed E-state index contributed by atoms with van der Waals surface area (Å²) < 4.78 is 43.6. The molecule has 0 fully saturated rings. The molecule has 3 rings (SSSR count). The quantitative estimate of drug-likeness (QED) is 0.613. The zero-order chi connectivity index (χ0) is 21.0. The summed E-state index contributed by atoms with van der Waals surface area (Å²) in [6, 6.07) is 5.51. The molecule has 0 saturated heterocycles. The molecular formula is C18H14F3N3O4S. The Morgan fingerprint density at radius 3 is 2.59 bits per heavy atom. The lowest BCUT2D eigenvalue weighted by molar-refractivity contribution is -0.147. The van der Waals surface area contributed by atoms with Crippen molar-refractivity contribution in [3.63, 3.8) is 0 Å². The number of hydrogen-bond acceptors (Lipinski definition) is 6. The summed E-state index contributed by atoms with van der Waals surface area (Å²) in [5.41, 5.74) is -0.975. The van der Waals surface area contributed by atoms with Gasteiger partial charge in [0.25, 0.3) is 11.5 Å². The van der Waals surface area contributed by atoms with Crippen LogP contribution in [0.2, 0.25) is 0 Å². The van der Waals surface area contributed by atoms with Crippen LogP contribution in [0.15, 0.2) is 46.8 Å². The van der Waals surface area contributed by atoms with E-state index in [1.165, 1.54) is 22.2 Å². The van der Waals surface area contributed by atoms with Crippen molar-refractivity contribution >= 4 is 39.1 Å². The molecule has 0 saturated carbocycles. The van der Waals surface area contributed by atoms with Crippen molar-refractivity contribution < 1.29 is 27.5 Å². The van der Waals surface area contributed by atoms with Gasteiger partial charge in [0.1, 0.15) is 4.83 Å². The number of hydrogen-bond donors (Lipinski definition) is 1. The molecule has 0 unspecified atom stereocenters. The molecule has 1 N–H and O–H groups in total. The predicted octanol–water partition coefficient (Wildman–Crippen LogP) is 3.05. The van der Waals surface area contributed by atoms with Gasteiger partial charge < -0.3 is 10.1 Å². The van der Waals surface area contributed by atoms with E-state index in [4.69, 9.17) is 4.74 Å². The summed E-state index contributed by atoms with van der Waals surface area (Å²) in [6.45, 7) is -0.562. The van der Waals surface area contributed by atoms with Gasteiger partial charge in [-0.25, -0.2) is 4.98 Å². The molecule has 1 amide bonds. The second kappa shape index (κ2) is 8.43. The summed E-state index contributed by atoms with van der Waals surface area (Å²) in [5, 5.41) is 4.53. The average Bonchev–Trinajstić information content (AvgIpc) is 3.15. The van der Waals surface area contributed by atoms with Gasteiger partial charge >= 0.3 is 12.1 Å². The normalized spacial score (nSPS) is 11.4. The first-order valence-electron chi connectivity index (χ1n) is 8.29. The van der Waals surface area contributed by atoms with E-state index in [1.807, 2.05) is 0 Å². The van der Waals surface area contributed by atoms with Crippen molar-refractivity contribution in [2.24, 2.45) is 0 Å². The minimum Gasteiger partial charge on any atom is -0.456 e. The fourth-order valence-electron chi connectivity index (χ4n) is 2.42. The molecular weight excluding hydrogens is 411 g/mol. The molecule has 0 bridgehead atoms. The molecule has 1 aromatic carbocycles. The molecule has 0 atom stereocenters. The number of esters is 1. The molecule has 2 heterocycles. The number of anilines is 1. The van der Waals surface area contributed by atoms with Crippen molar-refractivity contribution in [2.75, 3.05) is 11.9 Å². The van der Waals surface area contributed by atoms with E-state index < -0.39 is 30.2 Å². The van der Waals surface area contributed by atoms with Gasteiger partial charge in [0, 0.05) is 12.2 Å². The smallest absolute Gasteiger partial charge is 0.416 e. The van der Waals surface area contributed by atoms with Crippen molar-refractivity contribution in [3.05, 3.63) is 58.0 Å². The standard InChI is InChI=1S/C18H14F3N3O4S/c19-18(20,21)11-1-3-12(4-2-11)23-14(25)9-28-15(26)5-7-24-10-22-16-13(17(24)27)6-8-29-16/h1-4,6,8,10H,5,7,9H2,(H,23,25). The van der Waals surface area contributed by atoms with Crippen LogP contribution < -0.4 is 10.9 Å². The van der Waals surface area contributed by atoms with Crippen molar-refractivity contribution in [1.82, 2.24) is 9.55 Å². The summed E-state index contributed by atoms with van der Waals surface area (Å²) in [6.07, 6.45) is -3.28. The van der Waals surface area contributed by atoms with Crippen molar-refractivity contribution in [2.45, 2.75) is 19.1 Å². The number of amides is 1. The number of aromatic nitrogens is 2. The summed E-state index contributed by atoms with van der Waals surface area (Å²) in [4.78, 5) is 40.5. The fraction of sp³-hybridized carbons (Fsp3) is 0.222. The maximum atomic E-state index is 12.5. The second-order valence-electron chi connectivity index (χ2n) is 5.92. The maximum Gasteiger partial charge on any atom is 0.416 e. The molecule has 0 aliphatic heterocycles. The lowest BCUT2D eigenvalue weighted by Crippen LogP contribution is -2.24. The van der Waals surface area contributed by atoms with Gasteiger partial charge in [-0.1, -0.05) is 0 Å². The van der Waals surface area contributed by atoms with E-state index in [9.17, 15) is 27.6 Å². The molecule has 29 heavy (non-hydrogen) atoms. The molecule has 3 aromatic rings. The topological polar surface area (TPSA) is 90.3 Å². The lowest BCUT2D eigenvalue weighted by Gasteiger charge is -2.09. The van der Waals surface area contributed by atoms with Gasteiger partial charge in [-0.05, 0) is 35.7 Å². The molecule has 152 valence electrons. The molecule has 0 aliphatic rings. The van der Waals surface area contributed by atoms with E-state index in [1.54, 1.807) is 11.4 Å². The lowest BCUT2D eigenvalue weighted by atomic mass is 10.2. The minimum atomic E-state index is -4.47. The molecule has 0 aliphatic carbocycles. The highest BCUT2D eigenvalue weighted by molar-refractivity contribution is 7.16. The Labute approximate surface area is 165 Å². The Morgan fingerprint density at radius 2 is 1.90 bits per heavy atom. The zero-order valence-corrected chi connectivity index (χ0v) is 15.5. The van der Waals surface area contributed by atoms with Gasteiger partial charge in [-0.3, -0.25) is 19.0 Å². The Bertz CT molecular complexity index is 1090. The Balaban J connectivity index is 1.46. The third-order valence-corrected chi connectivity index (χ3v) is 4.69. The number of carbonyl (C=O) groups is 2. The highest BCUT2D eigenvalue weighted by atomic mass is 32.1. The Hall–Kier alpha value is -3.21. The number of rotatable bonds is 6. The van der Waals surface area contributed by atoms with Gasteiger partial charge in [0.05, 0.1) is 23.7 Å². The molecule has 2 aromatic heterocycles. The highest BCUT2D eigenvalue weighted by Crippen LogP contribution is 2.29. The SMILES string of the molecule is O=C(COC(=O)CCn1cnc2sccc2c1=O)Nc1ccc(C(F)(F)F)cc1. The monoisotopic (exact) mass is 425 g/mol. The number of aryl methyl sites for hydroxylation is 1. The number of halogens is 3. The van der Waals surface area contributed by atoms with Gasteiger partial charge in [0.2, 0.25) is 0 Å². The van der Waals surface area contributed by atoms with Crippen LogP contribution in [0.4, 0.5) is 18.9 Å². The number of ether oxygens (including phenoxy) is 1. The zero-order valence-electron chi connectivity index (χ0n) is 14.7. The van der Waals surface area contributed by atoms with E-state index >= 15 is 0 Å². The highest BCUT2D eigenvalue weighted by Gasteiger charge is 2.30.